The largest absolute Gasteiger partial charge is 0.496 e. The molecule has 1 aromatic carbocycles. The number of benzene rings is 1. The molecule has 0 spiro atoms. The molecule has 0 fully saturated rings. The van der Waals surface area contributed by atoms with Gasteiger partial charge in [0.2, 0.25) is 5.13 Å². The highest BCUT2D eigenvalue weighted by Gasteiger charge is 2.24. The fraction of sp³-hybridized carbons (Fsp3) is 0.467. The SMILES string of the molecule is COc1cc(C)c(S(=O)(=O)Nc2nc(C(C)C)ns2)c(C)c1C. The molecule has 0 bridgehead atoms. The third-order valence-electron chi connectivity index (χ3n) is 3.65. The summed E-state index contributed by atoms with van der Waals surface area (Å²) in [6.45, 7) is 9.29. The van der Waals surface area contributed by atoms with E-state index < -0.39 is 10.0 Å². The van der Waals surface area contributed by atoms with Crippen LogP contribution in [0.3, 0.4) is 0 Å². The van der Waals surface area contributed by atoms with E-state index in [9.17, 15) is 8.42 Å². The third-order valence-corrected chi connectivity index (χ3v) is 6.05. The van der Waals surface area contributed by atoms with Crippen molar-refractivity contribution in [2.75, 3.05) is 11.8 Å². The molecule has 1 N–H and O–H groups in total. The standard InChI is InChI=1S/C15H21N3O3S2/c1-8(2)14-16-15(22-17-14)18-23(19,20)13-9(3)7-12(21-6)10(4)11(13)5/h7-8H,1-6H3,(H,16,17,18). The second-order valence-electron chi connectivity index (χ2n) is 5.69. The summed E-state index contributed by atoms with van der Waals surface area (Å²) in [5.74, 6) is 1.46. The Morgan fingerprint density at radius 3 is 2.39 bits per heavy atom. The van der Waals surface area contributed by atoms with Gasteiger partial charge in [-0.2, -0.15) is 4.37 Å². The van der Waals surface area contributed by atoms with Gasteiger partial charge in [0.25, 0.3) is 10.0 Å². The number of methoxy groups -OCH3 is 1. The molecule has 0 saturated carbocycles. The topological polar surface area (TPSA) is 81.2 Å². The molecule has 2 rings (SSSR count). The zero-order chi connectivity index (χ0) is 17.4. The molecule has 6 nitrogen and oxygen atoms in total. The summed E-state index contributed by atoms with van der Waals surface area (Å²) in [6.07, 6.45) is 0. The number of ether oxygens (including phenoxy) is 1. The van der Waals surface area contributed by atoms with E-state index in [0.717, 1.165) is 17.1 Å². The van der Waals surface area contributed by atoms with Crippen LogP contribution >= 0.6 is 11.5 Å². The molecule has 126 valence electrons. The normalized spacial score (nSPS) is 11.8. The Balaban J connectivity index is 2.45. The lowest BCUT2D eigenvalue weighted by atomic mass is 10.1. The zero-order valence-electron chi connectivity index (χ0n) is 14.1. The van der Waals surface area contributed by atoms with Crippen LogP contribution in [-0.2, 0) is 10.0 Å². The quantitative estimate of drug-likeness (QED) is 0.889. The molecule has 0 unspecified atom stereocenters. The van der Waals surface area contributed by atoms with Crippen molar-refractivity contribution in [2.45, 2.75) is 45.4 Å². The first kappa shape index (κ1) is 17.7. The van der Waals surface area contributed by atoms with Crippen LogP contribution in [0.25, 0.3) is 0 Å². The van der Waals surface area contributed by atoms with Crippen LogP contribution in [-0.4, -0.2) is 24.9 Å². The van der Waals surface area contributed by atoms with E-state index in [4.69, 9.17) is 4.74 Å². The van der Waals surface area contributed by atoms with Crippen molar-refractivity contribution >= 4 is 26.7 Å². The Kier molecular flexibility index (Phi) is 4.95. The van der Waals surface area contributed by atoms with Gasteiger partial charge in [0.1, 0.15) is 11.6 Å². The summed E-state index contributed by atoms with van der Waals surface area (Å²) in [5.41, 5.74) is 2.10. The monoisotopic (exact) mass is 355 g/mol. The first-order chi connectivity index (χ1) is 10.7. The first-order valence-corrected chi connectivity index (χ1v) is 9.44. The van der Waals surface area contributed by atoms with Gasteiger partial charge >= 0.3 is 0 Å². The number of aryl methyl sites for hydroxylation is 1. The molecule has 0 amide bonds. The summed E-state index contributed by atoms with van der Waals surface area (Å²) in [7, 11) is -2.16. The van der Waals surface area contributed by atoms with Crippen molar-refractivity contribution in [3.8, 4) is 5.75 Å². The predicted octanol–water partition coefficient (Wildman–Crippen LogP) is 3.40. The van der Waals surface area contributed by atoms with Crippen LogP contribution in [0.15, 0.2) is 11.0 Å². The lowest BCUT2D eigenvalue weighted by Crippen LogP contribution is -2.16. The predicted molar refractivity (Wildman–Crippen MR) is 92.0 cm³/mol. The molecular weight excluding hydrogens is 334 g/mol. The number of rotatable bonds is 5. The van der Waals surface area contributed by atoms with Crippen LogP contribution in [0.4, 0.5) is 5.13 Å². The van der Waals surface area contributed by atoms with Crippen LogP contribution in [0, 0.1) is 20.8 Å². The van der Waals surface area contributed by atoms with E-state index in [0.29, 0.717) is 22.7 Å². The van der Waals surface area contributed by atoms with Gasteiger partial charge in [-0.15, -0.1) is 0 Å². The summed E-state index contributed by atoms with van der Waals surface area (Å²) in [6, 6.07) is 1.73. The van der Waals surface area contributed by atoms with E-state index in [1.54, 1.807) is 27.0 Å². The number of sulfonamides is 1. The molecule has 23 heavy (non-hydrogen) atoms. The minimum Gasteiger partial charge on any atom is -0.496 e. The van der Waals surface area contributed by atoms with E-state index in [1.807, 2.05) is 20.8 Å². The van der Waals surface area contributed by atoms with E-state index in [2.05, 4.69) is 14.1 Å². The van der Waals surface area contributed by atoms with Crippen molar-refractivity contribution in [3.05, 3.63) is 28.6 Å². The molecule has 0 aliphatic rings. The second kappa shape index (κ2) is 6.45. The Morgan fingerprint density at radius 2 is 1.87 bits per heavy atom. The van der Waals surface area contributed by atoms with Crippen molar-refractivity contribution < 1.29 is 13.2 Å². The van der Waals surface area contributed by atoms with E-state index in [1.165, 1.54) is 0 Å². The fourth-order valence-electron chi connectivity index (χ4n) is 2.32. The van der Waals surface area contributed by atoms with Gasteiger partial charge in [-0.3, -0.25) is 4.72 Å². The lowest BCUT2D eigenvalue weighted by molar-refractivity contribution is 0.410. The molecule has 0 saturated heterocycles. The maximum Gasteiger partial charge on any atom is 0.264 e. The van der Waals surface area contributed by atoms with E-state index >= 15 is 0 Å². The Hall–Kier alpha value is -1.67. The second-order valence-corrected chi connectivity index (χ2v) is 8.06. The number of hydrogen-bond donors (Lipinski definition) is 1. The molecule has 2 aromatic rings. The number of nitrogens with one attached hydrogen (secondary N) is 1. The van der Waals surface area contributed by atoms with Crippen molar-refractivity contribution in [3.63, 3.8) is 0 Å². The maximum absolute atomic E-state index is 12.8. The highest BCUT2D eigenvalue weighted by Crippen LogP contribution is 2.32. The Bertz CT molecular complexity index is 827. The minimum atomic E-state index is -3.73. The molecule has 1 aromatic heterocycles. The van der Waals surface area contributed by atoms with Crippen LogP contribution in [0.2, 0.25) is 0 Å². The average molecular weight is 355 g/mol. The first-order valence-electron chi connectivity index (χ1n) is 7.18. The van der Waals surface area contributed by atoms with Gasteiger partial charge in [0.05, 0.1) is 12.0 Å². The van der Waals surface area contributed by atoms with Crippen molar-refractivity contribution in [1.29, 1.82) is 0 Å². The minimum absolute atomic E-state index is 0.149. The number of nitrogens with zero attached hydrogens (tertiary/aromatic N) is 2. The molecule has 0 aliphatic heterocycles. The van der Waals surface area contributed by atoms with Gasteiger partial charge in [-0.25, -0.2) is 13.4 Å². The van der Waals surface area contributed by atoms with Gasteiger partial charge < -0.3 is 4.74 Å². The van der Waals surface area contributed by atoms with Gasteiger partial charge in [0.15, 0.2) is 0 Å². The molecule has 0 radical (unpaired) electrons. The molecule has 0 aliphatic carbocycles. The summed E-state index contributed by atoms with van der Waals surface area (Å²) >= 11 is 1.05. The highest BCUT2D eigenvalue weighted by molar-refractivity contribution is 7.93. The summed E-state index contributed by atoms with van der Waals surface area (Å²) in [5, 5.41) is 0.279. The van der Waals surface area contributed by atoms with Crippen molar-refractivity contribution in [2.24, 2.45) is 0 Å². The van der Waals surface area contributed by atoms with Crippen LogP contribution in [0.1, 0.15) is 42.3 Å². The average Bonchev–Trinajstić information content (AvgIpc) is 2.90. The maximum atomic E-state index is 12.8. The Morgan fingerprint density at radius 1 is 1.22 bits per heavy atom. The van der Waals surface area contributed by atoms with Gasteiger partial charge in [-0.1, -0.05) is 13.8 Å². The fourth-order valence-corrected chi connectivity index (χ4v) is 4.78. The van der Waals surface area contributed by atoms with Gasteiger partial charge in [-0.05, 0) is 43.5 Å². The zero-order valence-corrected chi connectivity index (χ0v) is 15.7. The smallest absolute Gasteiger partial charge is 0.264 e. The number of anilines is 1. The molecule has 0 atom stereocenters. The van der Waals surface area contributed by atoms with E-state index in [-0.39, 0.29) is 15.9 Å². The molecule has 8 heteroatoms. The lowest BCUT2D eigenvalue weighted by Gasteiger charge is -2.16. The van der Waals surface area contributed by atoms with Gasteiger partial charge in [0, 0.05) is 17.5 Å². The third kappa shape index (κ3) is 3.48. The summed E-state index contributed by atoms with van der Waals surface area (Å²) in [4.78, 5) is 4.49. The number of aromatic nitrogens is 2. The van der Waals surface area contributed by atoms with Crippen LogP contribution in [0.5, 0.6) is 5.75 Å². The number of hydrogen-bond acceptors (Lipinski definition) is 6. The molecule has 1 heterocycles. The summed E-state index contributed by atoms with van der Waals surface area (Å²) < 4.78 is 37.5. The highest BCUT2D eigenvalue weighted by atomic mass is 32.2. The molecular formula is C15H21N3O3S2. The van der Waals surface area contributed by atoms with Crippen molar-refractivity contribution in [1.82, 2.24) is 9.36 Å². The van der Waals surface area contributed by atoms with Crippen LogP contribution < -0.4 is 9.46 Å². The Labute approximate surface area is 141 Å².